The van der Waals surface area contributed by atoms with E-state index >= 15 is 0 Å². The maximum Gasteiger partial charge on any atom is 0.267 e. The Bertz CT molecular complexity index is 366. The van der Waals surface area contributed by atoms with Gasteiger partial charge < -0.3 is 15.6 Å². The van der Waals surface area contributed by atoms with Crippen molar-refractivity contribution in [3.05, 3.63) is 23.0 Å². The third-order valence-electron chi connectivity index (χ3n) is 2.79. The van der Waals surface area contributed by atoms with E-state index in [0.717, 1.165) is 30.9 Å². The highest BCUT2D eigenvalue weighted by atomic mass is 16.1. The van der Waals surface area contributed by atoms with E-state index in [1.807, 2.05) is 19.9 Å². The smallest absolute Gasteiger partial charge is 0.267 e. The summed E-state index contributed by atoms with van der Waals surface area (Å²) in [7, 11) is 0. The Kier molecular flexibility index (Phi) is 2.77. The first-order valence-electron chi connectivity index (χ1n) is 5.32. The fraction of sp³-hybridized carbons (Fsp3) is 0.545. The molecule has 15 heavy (non-hydrogen) atoms. The Morgan fingerprint density at radius 3 is 2.73 bits per heavy atom. The van der Waals surface area contributed by atoms with Crippen LogP contribution in [0.25, 0.3) is 0 Å². The van der Waals surface area contributed by atoms with Gasteiger partial charge in [-0.2, -0.15) is 0 Å². The molecule has 1 aromatic rings. The monoisotopic (exact) mass is 207 g/mol. The predicted molar refractivity (Wildman–Crippen MR) is 59.0 cm³/mol. The second-order valence-electron chi connectivity index (χ2n) is 4.24. The summed E-state index contributed by atoms with van der Waals surface area (Å²) in [6, 6.07) is 1.99. The second kappa shape index (κ2) is 4.06. The van der Waals surface area contributed by atoms with Gasteiger partial charge in [-0.25, -0.2) is 0 Å². The third kappa shape index (κ3) is 2.21. The predicted octanol–water partition coefficient (Wildman–Crippen LogP) is 0.581. The van der Waals surface area contributed by atoms with Gasteiger partial charge in [0.2, 0.25) is 0 Å². The molecule has 2 rings (SSSR count). The number of aromatic amines is 1. The van der Waals surface area contributed by atoms with E-state index in [9.17, 15) is 4.79 Å². The minimum Gasteiger partial charge on any atom is -0.354 e. The van der Waals surface area contributed by atoms with Crippen molar-refractivity contribution in [2.24, 2.45) is 5.92 Å². The summed E-state index contributed by atoms with van der Waals surface area (Å²) in [5.74, 6) is 0.609. The van der Waals surface area contributed by atoms with Crippen LogP contribution < -0.4 is 10.6 Å². The Morgan fingerprint density at radius 2 is 2.27 bits per heavy atom. The van der Waals surface area contributed by atoms with Crippen LogP contribution in [0.5, 0.6) is 0 Å². The van der Waals surface area contributed by atoms with Crippen molar-refractivity contribution in [1.29, 1.82) is 0 Å². The van der Waals surface area contributed by atoms with Crippen molar-refractivity contribution in [3.63, 3.8) is 0 Å². The molecule has 82 valence electrons. The van der Waals surface area contributed by atoms with Gasteiger partial charge in [-0.1, -0.05) is 0 Å². The van der Waals surface area contributed by atoms with Crippen molar-refractivity contribution >= 4 is 5.91 Å². The fourth-order valence-corrected chi connectivity index (χ4v) is 1.78. The van der Waals surface area contributed by atoms with Gasteiger partial charge in [0.05, 0.1) is 0 Å². The molecule has 0 aromatic carbocycles. The number of hydrogen-bond acceptors (Lipinski definition) is 2. The Hall–Kier alpha value is -1.29. The van der Waals surface area contributed by atoms with Crippen LogP contribution in [0.4, 0.5) is 0 Å². The summed E-state index contributed by atoms with van der Waals surface area (Å²) in [5.41, 5.74) is 2.74. The number of rotatable bonds is 3. The minimum absolute atomic E-state index is 0.00694. The van der Waals surface area contributed by atoms with Crippen molar-refractivity contribution in [3.8, 4) is 0 Å². The first kappa shape index (κ1) is 10.2. The molecule has 1 amide bonds. The van der Waals surface area contributed by atoms with Gasteiger partial charge in [0, 0.05) is 31.2 Å². The molecule has 0 bridgehead atoms. The van der Waals surface area contributed by atoms with E-state index in [1.165, 1.54) is 0 Å². The summed E-state index contributed by atoms with van der Waals surface area (Å²) >= 11 is 0. The quantitative estimate of drug-likeness (QED) is 0.679. The summed E-state index contributed by atoms with van der Waals surface area (Å²) < 4.78 is 0. The first-order valence-corrected chi connectivity index (χ1v) is 5.32. The molecule has 0 atom stereocenters. The average molecular weight is 207 g/mol. The summed E-state index contributed by atoms with van der Waals surface area (Å²) in [6.45, 7) is 6.71. The number of amides is 1. The number of carbonyl (C=O) groups excluding carboxylic acids is 1. The standard InChI is InChI=1S/C11H17N3O/c1-7-3-8(2)14-10(7)11(15)13-6-9-4-12-5-9/h3,9,12,14H,4-6H2,1-2H3,(H,13,15). The lowest BCUT2D eigenvalue weighted by Crippen LogP contribution is -2.48. The zero-order valence-electron chi connectivity index (χ0n) is 9.18. The van der Waals surface area contributed by atoms with Gasteiger partial charge in [0.1, 0.15) is 5.69 Å². The number of aryl methyl sites for hydroxylation is 2. The molecule has 0 aliphatic carbocycles. The molecule has 1 aliphatic rings. The Balaban J connectivity index is 1.92. The molecule has 4 heteroatoms. The molecule has 0 spiro atoms. The van der Waals surface area contributed by atoms with Crippen molar-refractivity contribution in [2.75, 3.05) is 19.6 Å². The fourth-order valence-electron chi connectivity index (χ4n) is 1.78. The number of H-pyrrole nitrogens is 1. The molecule has 0 radical (unpaired) electrons. The largest absolute Gasteiger partial charge is 0.354 e. The van der Waals surface area contributed by atoms with Gasteiger partial charge in [0.15, 0.2) is 0 Å². The minimum atomic E-state index is 0.00694. The van der Waals surface area contributed by atoms with E-state index in [0.29, 0.717) is 11.6 Å². The molecule has 4 nitrogen and oxygen atoms in total. The number of hydrogen-bond donors (Lipinski definition) is 3. The molecule has 0 unspecified atom stereocenters. The van der Waals surface area contributed by atoms with Gasteiger partial charge >= 0.3 is 0 Å². The molecule has 3 N–H and O–H groups in total. The third-order valence-corrected chi connectivity index (χ3v) is 2.79. The van der Waals surface area contributed by atoms with E-state index in [1.54, 1.807) is 0 Å². The van der Waals surface area contributed by atoms with Crippen LogP contribution in [-0.4, -0.2) is 30.5 Å². The number of nitrogens with one attached hydrogen (secondary N) is 3. The highest BCUT2D eigenvalue weighted by Gasteiger charge is 2.18. The molecule has 1 fully saturated rings. The van der Waals surface area contributed by atoms with Crippen LogP contribution in [0.3, 0.4) is 0 Å². The maximum atomic E-state index is 11.8. The van der Waals surface area contributed by atoms with Gasteiger partial charge in [-0.3, -0.25) is 4.79 Å². The van der Waals surface area contributed by atoms with Crippen LogP contribution in [0.2, 0.25) is 0 Å². The van der Waals surface area contributed by atoms with E-state index in [4.69, 9.17) is 0 Å². The lowest BCUT2D eigenvalue weighted by atomic mass is 10.0. The molecule has 0 saturated carbocycles. The first-order chi connectivity index (χ1) is 7.16. The van der Waals surface area contributed by atoms with Crippen LogP contribution in [0.15, 0.2) is 6.07 Å². The van der Waals surface area contributed by atoms with Crippen LogP contribution in [-0.2, 0) is 0 Å². The van der Waals surface area contributed by atoms with Crippen molar-refractivity contribution in [1.82, 2.24) is 15.6 Å². The molecular formula is C11H17N3O. The lowest BCUT2D eigenvalue weighted by molar-refractivity contribution is 0.0937. The highest BCUT2D eigenvalue weighted by molar-refractivity contribution is 5.93. The summed E-state index contributed by atoms with van der Waals surface area (Å²) in [6.07, 6.45) is 0. The van der Waals surface area contributed by atoms with Crippen LogP contribution >= 0.6 is 0 Å². The van der Waals surface area contributed by atoms with Crippen LogP contribution in [0, 0.1) is 19.8 Å². The van der Waals surface area contributed by atoms with Gasteiger partial charge in [-0.05, 0) is 25.5 Å². The Morgan fingerprint density at radius 1 is 1.53 bits per heavy atom. The second-order valence-corrected chi connectivity index (χ2v) is 4.24. The number of carbonyl (C=O) groups is 1. The van der Waals surface area contributed by atoms with E-state index in [2.05, 4.69) is 15.6 Å². The molecule has 2 heterocycles. The summed E-state index contributed by atoms with van der Waals surface area (Å²) in [4.78, 5) is 14.8. The SMILES string of the molecule is Cc1cc(C)c(C(=O)NCC2CNC2)[nH]1. The molecule has 1 aliphatic heterocycles. The highest BCUT2D eigenvalue weighted by Crippen LogP contribution is 2.09. The van der Waals surface area contributed by atoms with Crippen molar-refractivity contribution < 1.29 is 4.79 Å². The van der Waals surface area contributed by atoms with Crippen molar-refractivity contribution in [2.45, 2.75) is 13.8 Å². The molecule has 1 aromatic heterocycles. The maximum absolute atomic E-state index is 11.8. The summed E-state index contributed by atoms with van der Waals surface area (Å²) in [5, 5.41) is 6.13. The Labute approximate surface area is 89.5 Å². The topological polar surface area (TPSA) is 56.9 Å². The zero-order valence-corrected chi connectivity index (χ0v) is 9.18. The average Bonchev–Trinajstić information content (AvgIpc) is 2.42. The van der Waals surface area contributed by atoms with E-state index < -0.39 is 0 Å². The normalized spacial score (nSPS) is 16.1. The zero-order chi connectivity index (χ0) is 10.8. The lowest BCUT2D eigenvalue weighted by Gasteiger charge is -2.27. The van der Waals surface area contributed by atoms with Crippen LogP contribution in [0.1, 0.15) is 21.7 Å². The molecule has 1 saturated heterocycles. The van der Waals surface area contributed by atoms with E-state index in [-0.39, 0.29) is 5.91 Å². The molecular weight excluding hydrogens is 190 g/mol. The van der Waals surface area contributed by atoms with Gasteiger partial charge in [0.25, 0.3) is 5.91 Å². The van der Waals surface area contributed by atoms with Gasteiger partial charge in [-0.15, -0.1) is 0 Å². The number of aromatic nitrogens is 1.